The average molecular weight is 264 g/mol. The summed E-state index contributed by atoms with van der Waals surface area (Å²) in [5, 5.41) is 17.2. The summed E-state index contributed by atoms with van der Waals surface area (Å²) in [4.78, 5) is 10.7. The number of carbonyl (C=O) groups is 1. The molecule has 0 saturated heterocycles. The van der Waals surface area contributed by atoms with Gasteiger partial charge < -0.3 is 5.11 Å². The molecule has 0 aromatic heterocycles. The molecule has 1 unspecified atom stereocenters. The van der Waals surface area contributed by atoms with Crippen LogP contribution in [0.15, 0.2) is 18.2 Å². The standard InChI is InChI=1S/C10H5ClF3NO2/c11-5-1-2-8(10(12,13)14)6(3-5)7(4-15)9(16)17/h1-3,7H,(H,16,17). The Morgan fingerprint density at radius 2 is 2.06 bits per heavy atom. The van der Waals surface area contributed by atoms with E-state index in [4.69, 9.17) is 22.0 Å². The summed E-state index contributed by atoms with van der Waals surface area (Å²) in [5.41, 5.74) is -1.82. The van der Waals surface area contributed by atoms with Crippen molar-refractivity contribution in [2.24, 2.45) is 0 Å². The maximum Gasteiger partial charge on any atom is 0.416 e. The van der Waals surface area contributed by atoms with E-state index in [1.54, 1.807) is 0 Å². The van der Waals surface area contributed by atoms with Gasteiger partial charge >= 0.3 is 12.1 Å². The van der Waals surface area contributed by atoms with Crippen LogP contribution in [0.25, 0.3) is 0 Å². The van der Waals surface area contributed by atoms with Gasteiger partial charge in [-0.1, -0.05) is 11.6 Å². The number of rotatable bonds is 2. The van der Waals surface area contributed by atoms with Gasteiger partial charge in [-0.3, -0.25) is 4.79 Å². The van der Waals surface area contributed by atoms with E-state index in [1.165, 1.54) is 6.07 Å². The molecule has 1 atom stereocenters. The molecule has 0 fully saturated rings. The van der Waals surface area contributed by atoms with Gasteiger partial charge in [0.2, 0.25) is 0 Å². The van der Waals surface area contributed by atoms with Gasteiger partial charge in [0, 0.05) is 5.02 Å². The van der Waals surface area contributed by atoms with E-state index < -0.39 is 29.2 Å². The number of benzene rings is 1. The highest BCUT2D eigenvalue weighted by molar-refractivity contribution is 6.30. The molecule has 1 aromatic carbocycles. The van der Waals surface area contributed by atoms with E-state index in [2.05, 4.69) is 0 Å². The molecule has 0 radical (unpaired) electrons. The zero-order valence-electron chi connectivity index (χ0n) is 8.12. The fraction of sp³-hybridized carbons (Fsp3) is 0.200. The summed E-state index contributed by atoms with van der Waals surface area (Å²) in [6.45, 7) is 0. The largest absolute Gasteiger partial charge is 0.480 e. The number of hydrogen-bond acceptors (Lipinski definition) is 2. The summed E-state index contributed by atoms with van der Waals surface area (Å²) in [7, 11) is 0. The SMILES string of the molecule is N#CC(C(=O)O)c1cc(Cl)ccc1C(F)(F)F. The minimum absolute atomic E-state index is 0.0606. The first-order valence-electron chi connectivity index (χ1n) is 4.26. The van der Waals surface area contributed by atoms with Crippen LogP contribution in [-0.2, 0) is 11.0 Å². The third kappa shape index (κ3) is 2.88. The summed E-state index contributed by atoms with van der Waals surface area (Å²) in [6.07, 6.45) is -4.73. The summed E-state index contributed by atoms with van der Waals surface area (Å²) in [6, 6.07) is 3.79. The Labute approximate surface area is 99.0 Å². The van der Waals surface area contributed by atoms with Crippen LogP contribution in [0.5, 0.6) is 0 Å². The number of alkyl halides is 3. The Balaban J connectivity index is 3.45. The molecule has 3 nitrogen and oxygen atoms in total. The molecule has 0 amide bonds. The van der Waals surface area contributed by atoms with Crippen molar-refractivity contribution in [3.05, 3.63) is 34.3 Å². The summed E-state index contributed by atoms with van der Waals surface area (Å²) >= 11 is 5.50. The van der Waals surface area contributed by atoms with Crippen molar-refractivity contribution in [2.75, 3.05) is 0 Å². The molecule has 0 bridgehead atoms. The number of aliphatic carboxylic acids is 1. The zero-order chi connectivity index (χ0) is 13.2. The van der Waals surface area contributed by atoms with Gasteiger partial charge in [-0.15, -0.1) is 0 Å². The van der Waals surface area contributed by atoms with E-state index in [9.17, 15) is 18.0 Å². The Bertz CT molecular complexity index is 493. The topological polar surface area (TPSA) is 61.1 Å². The second-order valence-corrected chi connectivity index (χ2v) is 3.57. The first kappa shape index (κ1) is 13.3. The number of nitriles is 1. The summed E-state index contributed by atoms with van der Waals surface area (Å²) < 4.78 is 37.8. The Morgan fingerprint density at radius 3 is 2.47 bits per heavy atom. The highest BCUT2D eigenvalue weighted by atomic mass is 35.5. The highest BCUT2D eigenvalue weighted by Crippen LogP contribution is 2.36. The second-order valence-electron chi connectivity index (χ2n) is 3.13. The van der Waals surface area contributed by atoms with Crippen molar-refractivity contribution in [1.29, 1.82) is 5.26 Å². The van der Waals surface area contributed by atoms with Crippen molar-refractivity contribution >= 4 is 17.6 Å². The fourth-order valence-corrected chi connectivity index (χ4v) is 1.47. The van der Waals surface area contributed by atoms with Gasteiger partial charge in [-0.25, -0.2) is 0 Å². The normalized spacial score (nSPS) is 12.9. The van der Waals surface area contributed by atoms with Crippen LogP contribution >= 0.6 is 11.6 Å². The average Bonchev–Trinajstić information content (AvgIpc) is 2.16. The van der Waals surface area contributed by atoms with Gasteiger partial charge in [0.05, 0.1) is 11.6 Å². The first-order chi connectivity index (χ1) is 7.77. The molecular weight excluding hydrogens is 259 g/mol. The van der Waals surface area contributed by atoms with Crippen LogP contribution in [0.1, 0.15) is 17.0 Å². The van der Waals surface area contributed by atoms with Crippen molar-refractivity contribution < 1.29 is 23.1 Å². The molecule has 17 heavy (non-hydrogen) atoms. The van der Waals surface area contributed by atoms with Crippen molar-refractivity contribution in [3.8, 4) is 6.07 Å². The monoisotopic (exact) mass is 263 g/mol. The second kappa shape index (κ2) is 4.63. The van der Waals surface area contributed by atoms with Crippen LogP contribution in [-0.4, -0.2) is 11.1 Å². The van der Waals surface area contributed by atoms with Gasteiger partial charge in [-0.2, -0.15) is 18.4 Å². The maximum atomic E-state index is 12.6. The van der Waals surface area contributed by atoms with Crippen LogP contribution < -0.4 is 0 Å². The van der Waals surface area contributed by atoms with Gasteiger partial charge in [-0.05, 0) is 23.8 Å². The van der Waals surface area contributed by atoms with Crippen LogP contribution in [0, 0.1) is 11.3 Å². The highest BCUT2D eigenvalue weighted by Gasteiger charge is 2.37. The van der Waals surface area contributed by atoms with E-state index in [0.717, 1.165) is 12.1 Å². The van der Waals surface area contributed by atoms with Gasteiger partial charge in [0.15, 0.2) is 5.92 Å². The predicted octanol–water partition coefficient (Wildman–Crippen LogP) is 3.05. The number of hydrogen-bond donors (Lipinski definition) is 1. The Morgan fingerprint density at radius 1 is 1.47 bits per heavy atom. The molecule has 0 aliphatic heterocycles. The molecule has 1 rings (SSSR count). The van der Waals surface area contributed by atoms with Crippen molar-refractivity contribution in [3.63, 3.8) is 0 Å². The number of halogens is 4. The lowest BCUT2D eigenvalue weighted by Crippen LogP contribution is -2.16. The summed E-state index contributed by atoms with van der Waals surface area (Å²) in [5.74, 6) is -3.55. The Kier molecular flexibility index (Phi) is 3.63. The van der Waals surface area contributed by atoms with E-state index in [1.807, 2.05) is 0 Å². The maximum absolute atomic E-state index is 12.6. The molecule has 1 aromatic rings. The van der Waals surface area contributed by atoms with E-state index >= 15 is 0 Å². The van der Waals surface area contributed by atoms with Crippen molar-refractivity contribution in [1.82, 2.24) is 0 Å². The molecule has 0 saturated carbocycles. The minimum atomic E-state index is -4.73. The fourth-order valence-electron chi connectivity index (χ4n) is 1.29. The van der Waals surface area contributed by atoms with Gasteiger partial charge in [0.25, 0.3) is 0 Å². The lowest BCUT2D eigenvalue weighted by atomic mass is 9.95. The molecule has 0 heterocycles. The molecule has 0 aliphatic carbocycles. The predicted molar refractivity (Wildman–Crippen MR) is 52.4 cm³/mol. The van der Waals surface area contributed by atoms with Crippen molar-refractivity contribution in [2.45, 2.75) is 12.1 Å². The number of nitrogens with zero attached hydrogens (tertiary/aromatic N) is 1. The molecule has 0 spiro atoms. The van der Waals surface area contributed by atoms with E-state index in [0.29, 0.717) is 6.07 Å². The third-order valence-electron chi connectivity index (χ3n) is 2.01. The number of carboxylic acids is 1. The van der Waals surface area contributed by atoms with E-state index in [-0.39, 0.29) is 5.02 Å². The molecular formula is C10H5ClF3NO2. The van der Waals surface area contributed by atoms with Crippen LogP contribution in [0.4, 0.5) is 13.2 Å². The minimum Gasteiger partial charge on any atom is -0.480 e. The lowest BCUT2D eigenvalue weighted by molar-refractivity contribution is -0.140. The molecule has 7 heteroatoms. The third-order valence-corrected chi connectivity index (χ3v) is 2.24. The van der Waals surface area contributed by atoms with Crippen LogP contribution in [0.3, 0.4) is 0 Å². The zero-order valence-corrected chi connectivity index (χ0v) is 8.88. The first-order valence-corrected chi connectivity index (χ1v) is 4.64. The molecule has 90 valence electrons. The molecule has 1 N–H and O–H groups in total. The molecule has 0 aliphatic rings. The van der Waals surface area contributed by atoms with Gasteiger partial charge in [0.1, 0.15) is 0 Å². The lowest BCUT2D eigenvalue weighted by Gasteiger charge is -2.14. The number of carboxylic acid groups (broad SMARTS) is 1. The Hall–Kier alpha value is -1.74. The smallest absolute Gasteiger partial charge is 0.416 e. The van der Waals surface area contributed by atoms with Crippen LogP contribution in [0.2, 0.25) is 5.02 Å². The quantitative estimate of drug-likeness (QED) is 0.892.